The van der Waals surface area contributed by atoms with Crippen LogP contribution in [0.3, 0.4) is 0 Å². The summed E-state index contributed by atoms with van der Waals surface area (Å²) >= 11 is 0. The molecule has 2 saturated heterocycles. The van der Waals surface area contributed by atoms with Crippen molar-refractivity contribution >= 4 is 0 Å². The van der Waals surface area contributed by atoms with E-state index in [0.29, 0.717) is 17.8 Å². The number of aliphatic hydroxyl groups is 1. The van der Waals surface area contributed by atoms with Gasteiger partial charge in [-0.3, -0.25) is 0 Å². The quantitative estimate of drug-likeness (QED) is 0.710. The molecule has 2 heterocycles. The topological polar surface area (TPSA) is 55.5 Å². The van der Waals surface area contributed by atoms with Crippen LogP contribution in [0.25, 0.3) is 0 Å². The first-order valence-electron chi connectivity index (χ1n) is 7.55. The van der Waals surface area contributed by atoms with E-state index in [2.05, 4.69) is 32.9 Å². The molecule has 2 saturated carbocycles. The molecule has 5 aliphatic rings. The predicted octanol–water partition coefficient (Wildman–Crippen LogP) is 1.85. The van der Waals surface area contributed by atoms with E-state index >= 15 is 0 Å². The molecule has 19 heavy (non-hydrogen) atoms. The number of ether oxygens (including phenoxy) is 1. The van der Waals surface area contributed by atoms with E-state index < -0.39 is 0 Å². The molecule has 3 N–H and O–H groups in total. The van der Waals surface area contributed by atoms with Crippen LogP contribution in [0.5, 0.6) is 0 Å². The fourth-order valence-corrected chi connectivity index (χ4v) is 6.36. The zero-order valence-electron chi connectivity index (χ0n) is 12.1. The van der Waals surface area contributed by atoms with Crippen molar-refractivity contribution in [2.75, 3.05) is 6.61 Å². The van der Waals surface area contributed by atoms with Gasteiger partial charge in [0.15, 0.2) is 0 Å². The van der Waals surface area contributed by atoms with Gasteiger partial charge < -0.3 is 15.6 Å². The minimum atomic E-state index is -0.315. The lowest BCUT2D eigenvalue weighted by Crippen LogP contribution is -2.79. The molecule has 0 aromatic carbocycles. The van der Waals surface area contributed by atoms with Crippen molar-refractivity contribution in [3.05, 3.63) is 12.2 Å². The van der Waals surface area contributed by atoms with E-state index in [1.54, 1.807) is 0 Å². The van der Waals surface area contributed by atoms with Crippen molar-refractivity contribution in [1.29, 1.82) is 0 Å². The second-order valence-corrected chi connectivity index (χ2v) is 8.26. The van der Waals surface area contributed by atoms with E-state index in [4.69, 9.17) is 10.5 Å². The van der Waals surface area contributed by atoms with Gasteiger partial charge in [-0.1, -0.05) is 12.2 Å². The van der Waals surface area contributed by atoms with Crippen LogP contribution in [0, 0.1) is 23.2 Å². The Morgan fingerprint density at radius 1 is 1.32 bits per heavy atom. The van der Waals surface area contributed by atoms with Crippen LogP contribution in [0.1, 0.15) is 40.0 Å². The van der Waals surface area contributed by atoms with Crippen molar-refractivity contribution in [2.45, 2.75) is 56.8 Å². The van der Waals surface area contributed by atoms with Crippen LogP contribution in [-0.2, 0) is 4.74 Å². The van der Waals surface area contributed by atoms with Crippen LogP contribution >= 0.6 is 0 Å². The normalized spacial score (nSPS) is 60.6. The molecular weight excluding hydrogens is 238 g/mol. The monoisotopic (exact) mass is 263 g/mol. The second-order valence-electron chi connectivity index (χ2n) is 8.26. The summed E-state index contributed by atoms with van der Waals surface area (Å²) < 4.78 is 6.39. The SMILES string of the molecule is CC12CC3C4C=CC(CO)(C4)C(N)(C1)C3C(C)(C)O2. The number of allylic oxidation sites excluding steroid dienone is 1. The van der Waals surface area contributed by atoms with Gasteiger partial charge in [-0.2, -0.15) is 0 Å². The van der Waals surface area contributed by atoms with Crippen LogP contribution < -0.4 is 5.73 Å². The maximum Gasteiger partial charge on any atom is 0.0682 e. The smallest absolute Gasteiger partial charge is 0.0682 e. The first-order chi connectivity index (χ1) is 8.75. The minimum absolute atomic E-state index is 0.122. The Morgan fingerprint density at radius 2 is 2.05 bits per heavy atom. The third-order valence-electron chi connectivity index (χ3n) is 6.60. The Balaban J connectivity index is 1.93. The number of hydrogen-bond donors (Lipinski definition) is 2. The van der Waals surface area contributed by atoms with Gasteiger partial charge in [0.2, 0.25) is 0 Å². The molecule has 0 aromatic heterocycles. The van der Waals surface area contributed by atoms with Gasteiger partial charge in [-0.25, -0.2) is 0 Å². The summed E-state index contributed by atoms with van der Waals surface area (Å²) in [6.45, 7) is 6.78. The zero-order valence-corrected chi connectivity index (χ0v) is 12.1. The Kier molecular flexibility index (Phi) is 2.02. The van der Waals surface area contributed by atoms with Crippen LogP contribution in [-0.4, -0.2) is 28.5 Å². The van der Waals surface area contributed by atoms with E-state index in [1.807, 2.05) is 0 Å². The van der Waals surface area contributed by atoms with Crippen LogP contribution in [0.15, 0.2) is 12.2 Å². The van der Waals surface area contributed by atoms with Crippen molar-refractivity contribution in [1.82, 2.24) is 0 Å². The largest absolute Gasteiger partial charge is 0.395 e. The number of rotatable bonds is 1. The highest BCUT2D eigenvalue weighted by atomic mass is 16.5. The summed E-state index contributed by atoms with van der Waals surface area (Å²) in [7, 11) is 0. The molecule has 4 fully saturated rings. The second kappa shape index (κ2) is 3.10. The summed E-state index contributed by atoms with van der Waals surface area (Å²) in [5.74, 6) is 1.55. The molecule has 5 rings (SSSR count). The van der Waals surface area contributed by atoms with Gasteiger partial charge in [-0.15, -0.1) is 0 Å². The van der Waals surface area contributed by atoms with E-state index in [1.165, 1.54) is 0 Å². The van der Waals surface area contributed by atoms with Gasteiger partial charge in [0.25, 0.3) is 0 Å². The fourth-order valence-electron chi connectivity index (χ4n) is 6.36. The van der Waals surface area contributed by atoms with Crippen LogP contribution in [0.2, 0.25) is 0 Å². The highest BCUT2D eigenvalue weighted by Crippen LogP contribution is 2.69. The Bertz CT molecular complexity index is 471. The summed E-state index contributed by atoms with van der Waals surface area (Å²) in [5.41, 5.74) is 6.14. The third-order valence-corrected chi connectivity index (χ3v) is 6.60. The molecular formula is C16H25NO2. The van der Waals surface area contributed by atoms with Crippen molar-refractivity contribution in [3.8, 4) is 0 Å². The molecule has 0 amide bonds. The van der Waals surface area contributed by atoms with Gasteiger partial charge >= 0.3 is 0 Å². The fraction of sp³-hybridized carbons (Fsp3) is 0.875. The average Bonchev–Trinajstić information content (AvgIpc) is 2.67. The van der Waals surface area contributed by atoms with Gasteiger partial charge in [0.05, 0.1) is 17.8 Å². The van der Waals surface area contributed by atoms with E-state index in [-0.39, 0.29) is 28.8 Å². The number of hydrogen-bond acceptors (Lipinski definition) is 3. The van der Waals surface area contributed by atoms with Gasteiger partial charge in [0.1, 0.15) is 0 Å². The van der Waals surface area contributed by atoms with Gasteiger partial charge in [0, 0.05) is 16.9 Å². The maximum absolute atomic E-state index is 10.1. The van der Waals surface area contributed by atoms with Crippen molar-refractivity contribution in [3.63, 3.8) is 0 Å². The molecule has 3 nitrogen and oxygen atoms in total. The van der Waals surface area contributed by atoms with Crippen molar-refractivity contribution < 1.29 is 9.84 Å². The molecule has 0 spiro atoms. The average molecular weight is 263 g/mol. The molecule has 106 valence electrons. The predicted molar refractivity (Wildman–Crippen MR) is 73.5 cm³/mol. The summed E-state index contributed by atoms with van der Waals surface area (Å²) in [6, 6.07) is 0. The lowest BCUT2D eigenvalue weighted by molar-refractivity contribution is -0.308. The number of fused-ring (bicyclic) bond motifs is 3. The van der Waals surface area contributed by atoms with Crippen LogP contribution in [0.4, 0.5) is 0 Å². The lowest BCUT2D eigenvalue weighted by Gasteiger charge is -2.71. The molecule has 0 aromatic rings. The standard InChI is InChI=1S/C16H25NO2/c1-13(2)12-11-7-14(3,19-13)8-16(12,17)15(9-18)5-4-10(11)6-15/h4-5,10-12,18H,6-9,17H2,1-3H3. The molecule has 3 aliphatic carbocycles. The Morgan fingerprint density at radius 3 is 2.68 bits per heavy atom. The first kappa shape index (κ1) is 12.4. The third kappa shape index (κ3) is 1.21. The van der Waals surface area contributed by atoms with Crippen molar-refractivity contribution in [2.24, 2.45) is 28.9 Å². The molecule has 6 bridgehead atoms. The maximum atomic E-state index is 10.1. The minimum Gasteiger partial charge on any atom is -0.395 e. The zero-order chi connectivity index (χ0) is 13.7. The van der Waals surface area contributed by atoms with E-state index in [9.17, 15) is 5.11 Å². The Labute approximate surface area is 115 Å². The summed E-state index contributed by atoms with van der Waals surface area (Å²) in [5, 5.41) is 10.1. The highest BCUT2D eigenvalue weighted by molar-refractivity contribution is 5.33. The molecule has 2 aliphatic heterocycles. The van der Waals surface area contributed by atoms with Gasteiger partial charge in [-0.05, 0) is 51.9 Å². The summed E-state index contributed by atoms with van der Waals surface area (Å²) in [4.78, 5) is 0. The first-order valence-corrected chi connectivity index (χ1v) is 7.55. The molecule has 6 atom stereocenters. The molecule has 0 radical (unpaired) electrons. The highest BCUT2D eigenvalue weighted by Gasteiger charge is 2.73. The Hall–Kier alpha value is -0.380. The van der Waals surface area contributed by atoms with E-state index in [0.717, 1.165) is 19.3 Å². The number of nitrogens with two attached hydrogens (primary N) is 1. The summed E-state index contributed by atoms with van der Waals surface area (Å²) in [6.07, 6.45) is 7.60. The lowest BCUT2D eigenvalue weighted by atomic mass is 9.42. The molecule has 3 heteroatoms. The molecule has 6 unspecified atom stereocenters. The number of aliphatic hydroxyl groups excluding tert-OH is 1.